The van der Waals surface area contributed by atoms with E-state index in [0.29, 0.717) is 42.6 Å². The first-order chi connectivity index (χ1) is 16.0. The van der Waals surface area contributed by atoms with Crippen molar-refractivity contribution in [3.63, 3.8) is 0 Å². The number of nitrogens with zero attached hydrogens (tertiary/aromatic N) is 2. The van der Waals surface area contributed by atoms with E-state index in [9.17, 15) is 27.2 Å². The Morgan fingerprint density at radius 1 is 1.09 bits per heavy atom. The molecule has 0 unspecified atom stereocenters. The van der Waals surface area contributed by atoms with E-state index in [-0.39, 0.29) is 24.7 Å². The van der Waals surface area contributed by atoms with Gasteiger partial charge in [-0.25, -0.2) is 9.18 Å². The van der Waals surface area contributed by atoms with Crippen LogP contribution in [0.5, 0.6) is 5.75 Å². The van der Waals surface area contributed by atoms with Crippen molar-refractivity contribution in [2.75, 3.05) is 24.6 Å². The molecular weight excluding hydrogens is 478 g/mol. The molecule has 6 rings (SSSR count). The summed E-state index contributed by atoms with van der Waals surface area (Å²) >= 11 is 5.82. The molecule has 0 spiro atoms. The standard InChI is InChI=1S/C23H20ClF4N3O3/c24-14-1-4-16(5-2-14)34-10-19(32)29-21-11-22(12-21,13-21)31-8-7-30(20(31)33)15-3-6-18(25)17(9-15)23(26,27)28/h1-6,9H,7-8,10-13H2,(H,29,32). The fraction of sp³-hybridized carbons (Fsp3) is 0.391. The number of halogens is 5. The van der Waals surface area contributed by atoms with Crippen LogP contribution < -0.4 is 15.0 Å². The molecule has 0 atom stereocenters. The summed E-state index contributed by atoms with van der Waals surface area (Å²) in [6, 6.07) is 8.80. The van der Waals surface area contributed by atoms with Gasteiger partial charge in [0.1, 0.15) is 11.6 Å². The summed E-state index contributed by atoms with van der Waals surface area (Å²) in [5.41, 5.74) is -2.20. The highest BCUT2D eigenvalue weighted by atomic mass is 35.5. The molecule has 2 bridgehead atoms. The predicted octanol–water partition coefficient (Wildman–Crippen LogP) is 4.61. The minimum atomic E-state index is -4.85. The second-order valence-electron chi connectivity index (χ2n) is 9.07. The van der Waals surface area contributed by atoms with Crippen LogP contribution in [0, 0.1) is 5.82 Å². The number of hydrogen-bond donors (Lipinski definition) is 1. The lowest BCUT2D eigenvalue weighted by Crippen LogP contribution is -2.84. The number of nitrogens with one attached hydrogen (secondary N) is 1. The molecule has 1 heterocycles. The Balaban J connectivity index is 1.17. The Hall–Kier alpha value is -3.01. The van der Waals surface area contributed by atoms with E-state index in [1.807, 2.05) is 0 Å². The van der Waals surface area contributed by atoms with Gasteiger partial charge in [-0.05, 0) is 61.7 Å². The number of ether oxygens (including phenoxy) is 1. The third kappa shape index (κ3) is 3.83. The van der Waals surface area contributed by atoms with Gasteiger partial charge in [0.2, 0.25) is 0 Å². The van der Waals surface area contributed by atoms with E-state index in [2.05, 4.69) is 5.32 Å². The third-order valence-electron chi connectivity index (χ3n) is 6.74. The number of hydrogen-bond acceptors (Lipinski definition) is 3. The molecule has 3 saturated carbocycles. The number of benzene rings is 2. The minimum Gasteiger partial charge on any atom is -0.484 e. The Morgan fingerprint density at radius 3 is 2.41 bits per heavy atom. The number of carbonyl (C=O) groups excluding carboxylic acids is 2. The average Bonchev–Trinajstić information content (AvgIpc) is 3.10. The number of anilines is 1. The normalized spacial score (nSPS) is 25.6. The molecule has 6 nitrogen and oxygen atoms in total. The molecule has 1 aliphatic heterocycles. The van der Waals surface area contributed by atoms with Crippen molar-refractivity contribution >= 4 is 29.2 Å². The van der Waals surface area contributed by atoms with Gasteiger partial charge in [-0.2, -0.15) is 13.2 Å². The summed E-state index contributed by atoms with van der Waals surface area (Å²) in [6.45, 7) is 0.401. The maximum Gasteiger partial charge on any atom is 0.419 e. The topological polar surface area (TPSA) is 61.9 Å². The maximum absolute atomic E-state index is 13.6. The largest absolute Gasteiger partial charge is 0.484 e. The number of rotatable bonds is 6. The van der Waals surface area contributed by atoms with Crippen molar-refractivity contribution in [3.8, 4) is 5.75 Å². The van der Waals surface area contributed by atoms with Gasteiger partial charge < -0.3 is 15.0 Å². The Labute approximate surface area is 197 Å². The monoisotopic (exact) mass is 497 g/mol. The molecule has 34 heavy (non-hydrogen) atoms. The quantitative estimate of drug-likeness (QED) is 0.593. The van der Waals surface area contributed by atoms with Crippen molar-refractivity contribution in [2.24, 2.45) is 0 Å². The molecular formula is C23H20ClF4N3O3. The van der Waals surface area contributed by atoms with Crippen molar-refractivity contribution < 1.29 is 31.9 Å². The Bertz CT molecular complexity index is 1140. The van der Waals surface area contributed by atoms with Crippen molar-refractivity contribution in [1.29, 1.82) is 0 Å². The molecule has 3 aliphatic carbocycles. The number of carbonyl (C=O) groups is 2. The highest BCUT2D eigenvalue weighted by molar-refractivity contribution is 6.30. The average molecular weight is 498 g/mol. The van der Waals surface area contributed by atoms with Gasteiger partial charge in [-0.3, -0.25) is 9.69 Å². The van der Waals surface area contributed by atoms with Gasteiger partial charge in [0.05, 0.1) is 11.1 Å². The van der Waals surface area contributed by atoms with E-state index in [4.69, 9.17) is 16.3 Å². The van der Waals surface area contributed by atoms with Gasteiger partial charge in [0.25, 0.3) is 5.91 Å². The lowest BCUT2D eigenvalue weighted by atomic mass is 9.43. The van der Waals surface area contributed by atoms with Crippen LogP contribution in [-0.4, -0.2) is 47.6 Å². The second-order valence-corrected chi connectivity index (χ2v) is 9.51. The first kappa shape index (κ1) is 22.8. The van der Waals surface area contributed by atoms with E-state index in [1.54, 1.807) is 29.2 Å². The van der Waals surface area contributed by atoms with E-state index < -0.39 is 34.7 Å². The molecule has 2 aromatic carbocycles. The summed E-state index contributed by atoms with van der Waals surface area (Å²) in [6.07, 6.45) is -3.13. The number of urea groups is 1. The predicted molar refractivity (Wildman–Crippen MR) is 115 cm³/mol. The first-order valence-electron chi connectivity index (χ1n) is 10.7. The molecule has 180 valence electrons. The first-order valence-corrected chi connectivity index (χ1v) is 11.0. The summed E-state index contributed by atoms with van der Waals surface area (Å²) in [5, 5.41) is 3.53. The highest BCUT2D eigenvalue weighted by Crippen LogP contribution is 2.64. The Morgan fingerprint density at radius 2 is 1.76 bits per heavy atom. The van der Waals surface area contributed by atoms with Crippen LogP contribution >= 0.6 is 11.6 Å². The van der Waals surface area contributed by atoms with Crippen LogP contribution in [0.3, 0.4) is 0 Å². The zero-order valence-corrected chi connectivity index (χ0v) is 18.5. The van der Waals surface area contributed by atoms with Crippen molar-refractivity contribution in [2.45, 2.75) is 36.5 Å². The smallest absolute Gasteiger partial charge is 0.419 e. The van der Waals surface area contributed by atoms with Crippen LogP contribution in [0.2, 0.25) is 5.02 Å². The Kier molecular flexibility index (Phi) is 5.20. The molecule has 0 radical (unpaired) electrons. The van der Waals surface area contributed by atoms with Gasteiger partial charge in [0, 0.05) is 29.3 Å². The minimum absolute atomic E-state index is 0.00943. The number of alkyl halides is 3. The maximum atomic E-state index is 13.6. The van der Waals surface area contributed by atoms with E-state index in [0.717, 1.165) is 6.07 Å². The summed E-state index contributed by atoms with van der Waals surface area (Å²) in [5.74, 6) is -1.13. The van der Waals surface area contributed by atoms with E-state index in [1.165, 1.54) is 11.0 Å². The lowest BCUT2D eigenvalue weighted by Gasteiger charge is -2.72. The third-order valence-corrected chi connectivity index (χ3v) is 6.99. The van der Waals surface area contributed by atoms with Gasteiger partial charge >= 0.3 is 12.2 Å². The van der Waals surface area contributed by atoms with Crippen LogP contribution in [0.25, 0.3) is 0 Å². The van der Waals surface area contributed by atoms with Gasteiger partial charge in [-0.15, -0.1) is 0 Å². The second kappa shape index (κ2) is 7.76. The van der Waals surface area contributed by atoms with Crippen LogP contribution in [0.4, 0.5) is 28.0 Å². The van der Waals surface area contributed by atoms with Gasteiger partial charge in [0.15, 0.2) is 6.61 Å². The van der Waals surface area contributed by atoms with Crippen LogP contribution in [0.15, 0.2) is 42.5 Å². The fourth-order valence-corrected chi connectivity index (χ4v) is 5.41. The fourth-order valence-electron chi connectivity index (χ4n) is 5.28. The zero-order valence-electron chi connectivity index (χ0n) is 17.8. The molecule has 11 heteroatoms. The molecule has 0 aromatic heterocycles. The summed E-state index contributed by atoms with van der Waals surface area (Å²) in [7, 11) is 0. The number of amides is 3. The summed E-state index contributed by atoms with van der Waals surface area (Å²) in [4.78, 5) is 28.2. The molecule has 1 N–H and O–H groups in total. The SMILES string of the molecule is O=C(COc1ccc(Cl)cc1)NC12CC(N3CCN(c4ccc(F)c(C(F)(F)F)c4)C3=O)(C1)C2. The van der Waals surface area contributed by atoms with Crippen LogP contribution in [0.1, 0.15) is 24.8 Å². The molecule has 4 aliphatic rings. The molecule has 2 aromatic rings. The summed E-state index contributed by atoms with van der Waals surface area (Å²) < 4.78 is 58.3. The van der Waals surface area contributed by atoms with E-state index >= 15 is 0 Å². The van der Waals surface area contributed by atoms with Crippen LogP contribution in [-0.2, 0) is 11.0 Å². The lowest BCUT2D eigenvalue weighted by molar-refractivity contribution is -0.165. The highest BCUT2D eigenvalue weighted by Gasteiger charge is 2.72. The molecule has 3 amide bonds. The molecule has 4 fully saturated rings. The van der Waals surface area contributed by atoms with Gasteiger partial charge in [-0.1, -0.05) is 11.6 Å². The van der Waals surface area contributed by atoms with Crippen molar-refractivity contribution in [3.05, 3.63) is 58.9 Å². The molecule has 1 saturated heterocycles. The zero-order chi connectivity index (χ0) is 24.3. The van der Waals surface area contributed by atoms with Crippen molar-refractivity contribution in [1.82, 2.24) is 10.2 Å².